The van der Waals surface area contributed by atoms with E-state index in [0.717, 1.165) is 30.1 Å². The summed E-state index contributed by atoms with van der Waals surface area (Å²) >= 11 is 0. The van der Waals surface area contributed by atoms with Crippen LogP contribution in [0.2, 0.25) is 0 Å². The molecule has 0 unspecified atom stereocenters. The molecule has 1 nitrogen and oxygen atoms in total. The van der Waals surface area contributed by atoms with Crippen LogP contribution < -0.4 is 0 Å². The lowest BCUT2D eigenvalue weighted by Gasteiger charge is -2.41. The van der Waals surface area contributed by atoms with E-state index < -0.39 is 0 Å². The zero-order valence-corrected chi connectivity index (χ0v) is 11.0. The van der Waals surface area contributed by atoms with Gasteiger partial charge in [-0.2, -0.15) is 0 Å². The van der Waals surface area contributed by atoms with Crippen molar-refractivity contribution < 1.29 is 4.79 Å². The van der Waals surface area contributed by atoms with Gasteiger partial charge in [0, 0.05) is 12.8 Å². The molecule has 0 atom stereocenters. The maximum atomic E-state index is 11.3. The third-order valence-electron chi connectivity index (χ3n) is 6.01. The lowest BCUT2D eigenvalue weighted by Crippen LogP contribution is -2.30. The van der Waals surface area contributed by atoms with Crippen molar-refractivity contribution in [2.24, 2.45) is 17.3 Å². The first kappa shape index (κ1) is 11.7. The lowest BCUT2D eigenvalue weighted by molar-refractivity contribution is -0.121. The van der Waals surface area contributed by atoms with Crippen LogP contribution in [0, 0.1) is 17.3 Å². The summed E-state index contributed by atoms with van der Waals surface area (Å²) in [6.45, 7) is 0. The number of hydrogen-bond acceptors (Lipinski definition) is 1. The third-order valence-corrected chi connectivity index (χ3v) is 6.01. The normalized spacial score (nSPS) is 31.2. The monoisotopic (exact) mass is 234 g/mol. The van der Waals surface area contributed by atoms with Crippen LogP contribution in [-0.2, 0) is 4.79 Å². The van der Waals surface area contributed by atoms with E-state index in [1.54, 1.807) is 0 Å². The Balaban J connectivity index is 1.52. The maximum Gasteiger partial charge on any atom is 0.132 e. The van der Waals surface area contributed by atoms with Crippen molar-refractivity contribution in [3.63, 3.8) is 0 Å². The van der Waals surface area contributed by atoms with Crippen molar-refractivity contribution in [3.8, 4) is 0 Å². The van der Waals surface area contributed by atoms with Crippen LogP contribution in [0.5, 0.6) is 0 Å². The topological polar surface area (TPSA) is 17.1 Å². The number of hydrogen-bond donors (Lipinski definition) is 0. The number of ketones is 1. The quantitative estimate of drug-likeness (QED) is 0.653. The van der Waals surface area contributed by atoms with Crippen LogP contribution in [0.4, 0.5) is 0 Å². The highest BCUT2D eigenvalue weighted by Gasteiger charge is 2.39. The van der Waals surface area contributed by atoms with Crippen molar-refractivity contribution in [2.45, 2.75) is 77.0 Å². The molecule has 1 spiro atoms. The Morgan fingerprint density at radius 1 is 0.765 bits per heavy atom. The second-order valence-electron chi connectivity index (χ2n) is 6.92. The van der Waals surface area contributed by atoms with Crippen molar-refractivity contribution in [3.05, 3.63) is 0 Å². The Labute approximate surface area is 105 Å². The van der Waals surface area contributed by atoms with E-state index in [1.807, 2.05) is 0 Å². The predicted molar refractivity (Wildman–Crippen MR) is 69.8 cm³/mol. The average Bonchev–Trinajstić information content (AvgIpc) is 2.80. The Kier molecular flexibility index (Phi) is 3.28. The molecule has 0 radical (unpaired) electrons. The summed E-state index contributed by atoms with van der Waals surface area (Å²) in [5.74, 6) is 2.38. The largest absolute Gasteiger partial charge is 0.300 e. The zero-order valence-electron chi connectivity index (χ0n) is 11.0. The Morgan fingerprint density at radius 3 is 1.88 bits per heavy atom. The number of Topliss-reactive ketones (excluding diaryl/α,β-unsaturated/α-hetero) is 1. The molecule has 0 aromatic rings. The molecule has 3 fully saturated rings. The molecule has 0 aromatic heterocycles. The first-order valence-electron chi connectivity index (χ1n) is 7.79. The molecule has 3 rings (SSSR count). The van der Waals surface area contributed by atoms with Gasteiger partial charge < -0.3 is 0 Å². The minimum absolute atomic E-state index is 0.518. The molecule has 3 aliphatic carbocycles. The van der Waals surface area contributed by atoms with Gasteiger partial charge in [0.2, 0.25) is 0 Å². The SMILES string of the molecule is O=C1CCC(C2CCC3(CCCC3)CC2)CC1. The summed E-state index contributed by atoms with van der Waals surface area (Å²) in [5, 5.41) is 0. The van der Waals surface area contributed by atoms with Gasteiger partial charge >= 0.3 is 0 Å². The molecular formula is C16H26O. The number of carbonyl (C=O) groups excluding carboxylic acids is 1. The van der Waals surface area contributed by atoms with Gasteiger partial charge in [-0.05, 0) is 68.6 Å². The van der Waals surface area contributed by atoms with Gasteiger partial charge in [-0.3, -0.25) is 4.79 Å². The van der Waals surface area contributed by atoms with Crippen LogP contribution >= 0.6 is 0 Å². The molecule has 3 saturated carbocycles. The highest BCUT2D eigenvalue weighted by atomic mass is 16.1. The van der Waals surface area contributed by atoms with E-state index in [2.05, 4.69) is 0 Å². The highest BCUT2D eigenvalue weighted by molar-refractivity contribution is 5.79. The van der Waals surface area contributed by atoms with Gasteiger partial charge in [-0.15, -0.1) is 0 Å². The van der Waals surface area contributed by atoms with E-state index in [4.69, 9.17) is 0 Å². The second kappa shape index (κ2) is 4.74. The van der Waals surface area contributed by atoms with Crippen molar-refractivity contribution in [1.29, 1.82) is 0 Å². The van der Waals surface area contributed by atoms with Gasteiger partial charge in [0.05, 0.1) is 0 Å². The second-order valence-corrected chi connectivity index (χ2v) is 6.92. The molecule has 0 N–H and O–H groups in total. The Hall–Kier alpha value is -0.330. The maximum absolute atomic E-state index is 11.3. The minimum Gasteiger partial charge on any atom is -0.300 e. The number of carbonyl (C=O) groups is 1. The standard InChI is InChI=1S/C16H26O/c17-15-5-3-13(4-6-15)14-7-11-16(12-8-14)9-1-2-10-16/h13-14H,1-12H2. The predicted octanol–water partition coefficient (Wildman–Crippen LogP) is 4.50. The van der Waals surface area contributed by atoms with Crippen LogP contribution in [0.15, 0.2) is 0 Å². The highest BCUT2D eigenvalue weighted by Crippen LogP contribution is 2.52. The molecule has 0 heterocycles. The molecule has 0 aliphatic heterocycles. The summed E-state index contributed by atoms with van der Waals surface area (Å²) in [4.78, 5) is 11.3. The molecule has 0 bridgehead atoms. The van der Waals surface area contributed by atoms with Crippen LogP contribution in [0.3, 0.4) is 0 Å². The summed E-state index contributed by atoms with van der Waals surface area (Å²) in [5.41, 5.74) is 0.779. The molecular weight excluding hydrogens is 208 g/mol. The van der Waals surface area contributed by atoms with E-state index in [9.17, 15) is 4.79 Å². The molecule has 3 aliphatic rings. The van der Waals surface area contributed by atoms with E-state index >= 15 is 0 Å². The molecule has 17 heavy (non-hydrogen) atoms. The summed E-state index contributed by atoms with van der Waals surface area (Å²) in [7, 11) is 0. The minimum atomic E-state index is 0.518. The summed E-state index contributed by atoms with van der Waals surface area (Å²) in [6, 6.07) is 0. The molecule has 1 heteroatoms. The first-order valence-corrected chi connectivity index (χ1v) is 7.79. The fourth-order valence-electron chi connectivity index (χ4n) is 4.78. The fraction of sp³-hybridized carbons (Fsp3) is 0.938. The summed E-state index contributed by atoms with van der Waals surface area (Å²) < 4.78 is 0. The molecule has 96 valence electrons. The average molecular weight is 234 g/mol. The Morgan fingerprint density at radius 2 is 1.29 bits per heavy atom. The van der Waals surface area contributed by atoms with E-state index in [1.165, 1.54) is 64.2 Å². The van der Waals surface area contributed by atoms with Crippen LogP contribution in [0.1, 0.15) is 77.0 Å². The Bertz CT molecular complexity index is 268. The van der Waals surface area contributed by atoms with Gasteiger partial charge in [-0.25, -0.2) is 0 Å². The van der Waals surface area contributed by atoms with Gasteiger partial charge in [-0.1, -0.05) is 12.8 Å². The molecule has 0 amide bonds. The molecule has 0 saturated heterocycles. The lowest BCUT2D eigenvalue weighted by atomic mass is 9.64. The number of rotatable bonds is 1. The van der Waals surface area contributed by atoms with Crippen molar-refractivity contribution >= 4 is 5.78 Å². The molecule has 0 aromatic carbocycles. The van der Waals surface area contributed by atoms with Crippen LogP contribution in [0.25, 0.3) is 0 Å². The van der Waals surface area contributed by atoms with Crippen molar-refractivity contribution in [2.75, 3.05) is 0 Å². The van der Waals surface area contributed by atoms with Crippen molar-refractivity contribution in [1.82, 2.24) is 0 Å². The van der Waals surface area contributed by atoms with Gasteiger partial charge in [0.25, 0.3) is 0 Å². The van der Waals surface area contributed by atoms with E-state index in [0.29, 0.717) is 5.78 Å². The summed E-state index contributed by atoms with van der Waals surface area (Å²) in [6.07, 6.45) is 16.1. The van der Waals surface area contributed by atoms with Gasteiger partial charge in [0.1, 0.15) is 5.78 Å². The van der Waals surface area contributed by atoms with Crippen LogP contribution in [-0.4, -0.2) is 5.78 Å². The van der Waals surface area contributed by atoms with E-state index in [-0.39, 0.29) is 0 Å². The van der Waals surface area contributed by atoms with Gasteiger partial charge in [0.15, 0.2) is 0 Å². The fourth-order valence-corrected chi connectivity index (χ4v) is 4.78. The first-order chi connectivity index (χ1) is 8.27. The smallest absolute Gasteiger partial charge is 0.132 e. The zero-order chi connectivity index (χ0) is 11.7. The third kappa shape index (κ3) is 2.44.